The second-order valence-corrected chi connectivity index (χ2v) is 7.15. The number of hydrogen-bond donors (Lipinski definition) is 0. The molecular weight excluding hydrogens is 314 g/mol. The van der Waals surface area contributed by atoms with Gasteiger partial charge in [0.05, 0.1) is 19.3 Å². The van der Waals surface area contributed by atoms with E-state index in [0.29, 0.717) is 31.9 Å². The lowest BCUT2D eigenvalue weighted by atomic mass is 10.1. The fourth-order valence-electron chi connectivity index (χ4n) is 3.07. The molecule has 23 heavy (non-hydrogen) atoms. The highest BCUT2D eigenvalue weighted by Gasteiger charge is 2.32. The van der Waals surface area contributed by atoms with E-state index in [0.717, 1.165) is 24.6 Å². The van der Waals surface area contributed by atoms with Crippen molar-refractivity contribution in [3.8, 4) is 0 Å². The molecule has 1 aromatic heterocycles. The van der Waals surface area contributed by atoms with E-state index >= 15 is 0 Å². The summed E-state index contributed by atoms with van der Waals surface area (Å²) in [6, 6.07) is 3.51. The van der Waals surface area contributed by atoms with Crippen LogP contribution in [0.2, 0.25) is 0 Å². The van der Waals surface area contributed by atoms with Gasteiger partial charge in [-0.3, -0.25) is 9.59 Å². The highest BCUT2D eigenvalue weighted by atomic mass is 32.2. The molecular formula is C16H23N3O3S. The molecule has 0 radical (unpaired) electrons. The number of morpholine rings is 1. The van der Waals surface area contributed by atoms with Crippen molar-refractivity contribution in [2.75, 3.05) is 44.4 Å². The van der Waals surface area contributed by atoms with Gasteiger partial charge >= 0.3 is 0 Å². The van der Waals surface area contributed by atoms with E-state index in [2.05, 4.69) is 0 Å². The molecule has 1 aromatic rings. The van der Waals surface area contributed by atoms with Crippen LogP contribution in [0.15, 0.2) is 18.3 Å². The maximum atomic E-state index is 12.8. The Morgan fingerprint density at radius 2 is 2.09 bits per heavy atom. The molecule has 7 heteroatoms. The minimum Gasteiger partial charge on any atom is -0.377 e. The van der Waals surface area contributed by atoms with Crippen molar-refractivity contribution < 1.29 is 14.3 Å². The number of thioether (sulfide) groups is 1. The average Bonchev–Trinajstić information content (AvgIpc) is 3.01. The number of rotatable bonds is 3. The molecule has 2 amide bonds. The Morgan fingerprint density at radius 1 is 1.30 bits per heavy atom. The zero-order valence-electron chi connectivity index (χ0n) is 13.4. The van der Waals surface area contributed by atoms with Crippen molar-refractivity contribution in [3.05, 3.63) is 24.0 Å². The van der Waals surface area contributed by atoms with Crippen LogP contribution in [0.25, 0.3) is 0 Å². The Hall–Kier alpha value is -1.47. The van der Waals surface area contributed by atoms with E-state index in [4.69, 9.17) is 4.74 Å². The molecule has 126 valence electrons. The van der Waals surface area contributed by atoms with Crippen molar-refractivity contribution in [2.45, 2.75) is 12.5 Å². The average molecular weight is 337 g/mol. The second-order valence-electron chi connectivity index (χ2n) is 5.93. The first-order valence-electron chi connectivity index (χ1n) is 8.02. The summed E-state index contributed by atoms with van der Waals surface area (Å²) in [4.78, 5) is 29.0. The second kappa shape index (κ2) is 7.40. The zero-order valence-corrected chi connectivity index (χ0v) is 14.3. The molecule has 0 aromatic carbocycles. The van der Waals surface area contributed by atoms with Gasteiger partial charge < -0.3 is 19.1 Å². The van der Waals surface area contributed by atoms with Gasteiger partial charge in [0.2, 0.25) is 5.91 Å². The lowest BCUT2D eigenvalue weighted by molar-refractivity contribution is -0.133. The molecule has 2 aliphatic heterocycles. The standard InChI is InChI=1S/C16H23N3O3S/c1-17-4-2-3-14(17)16(21)19-5-8-22-12-13(19)11-15(20)18-6-9-23-10-7-18/h2-4,13H,5-12H2,1H3. The molecule has 0 spiro atoms. The lowest BCUT2D eigenvalue weighted by Crippen LogP contribution is -2.51. The van der Waals surface area contributed by atoms with Crippen LogP contribution in [0, 0.1) is 0 Å². The third kappa shape index (κ3) is 3.72. The minimum absolute atomic E-state index is 0.0206. The molecule has 0 bridgehead atoms. The topological polar surface area (TPSA) is 54.8 Å². The predicted octanol–water partition coefficient (Wildman–Crippen LogP) is 0.832. The normalized spacial score (nSPS) is 22.2. The van der Waals surface area contributed by atoms with E-state index in [9.17, 15) is 9.59 Å². The summed E-state index contributed by atoms with van der Waals surface area (Å²) in [5, 5.41) is 0. The van der Waals surface area contributed by atoms with Gasteiger partial charge in [0.1, 0.15) is 5.69 Å². The largest absolute Gasteiger partial charge is 0.377 e. The quantitative estimate of drug-likeness (QED) is 0.820. The van der Waals surface area contributed by atoms with E-state index in [1.807, 2.05) is 46.6 Å². The van der Waals surface area contributed by atoms with E-state index in [-0.39, 0.29) is 17.9 Å². The first-order valence-corrected chi connectivity index (χ1v) is 9.18. The highest BCUT2D eigenvalue weighted by molar-refractivity contribution is 7.99. The van der Waals surface area contributed by atoms with Gasteiger partial charge in [0, 0.05) is 50.8 Å². The van der Waals surface area contributed by atoms with E-state index in [1.165, 1.54) is 0 Å². The predicted molar refractivity (Wildman–Crippen MR) is 89.6 cm³/mol. The fourth-order valence-corrected chi connectivity index (χ4v) is 3.97. The number of nitrogens with zero attached hydrogens (tertiary/aromatic N) is 3. The molecule has 0 saturated carbocycles. The van der Waals surface area contributed by atoms with Crippen LogP contribution >= 0.6 is 11.8 Å². The minimum atomic E-state index is -0.173. The number of carbonyl (C=O) groups excluding carboxylic acids is 2. The first-order chi connectivity index (χ1) is 11.2. The van der Waals surface area contributed by atoms with Gasteiger partial charge in [0.15, 0.2) is 0 Å². The zero-order chi connectivity index (χ0) is 16.2. The third-order valence-electron chi connectivity index (χ3n) is 4.43. The van der Waals surface area contributed by atoms with Crippen molar-refractivity contribution in [3.63, 3.8) is 0 Å². The Morgan fingerprint density at radius 3 is 2.78 bits per heavy atom. The molecule has 6 nitrogen and oxygen atoms in total. The van der Waals surface area contributed by atoms with Crippen LogP contribution in [0.5, 0.6) is 0 Å². The smallest absolute Gasteiger partial charge is 0.270 e. The van der Waals surface area contributed by atoms with Crippen LogP contribution in [-0.2, 0) is 16.6 Å². The number of hydrogen-bond acceptors (Lipinski definition) is 4. The molecule has 1 unspecified atom stereocenters. The van der Waals surface area contributed by atoms with Crippen LogP contribution < -0.4 is 0 Å². The number of aryl methyl sites for hydroxylation is 1. The Labute approximate surface area is 140 Å². The summed E-state index contributed by atoms with van der Waals surface area (Å²) in [6.45, 7) is 3.12. The van der Waals surface area contributed by atoms with Gasteiger partial charge in [0.25, 0.3) is 5.91 Å². The Bertz CT molecular complexity index is 569. The molecule has 2 saturated heterocycles. The Kier molecular flexibility index (Phi) is 5.27. The maximum absolute atomic E-state index is 12.8. The van der Waals surface area contributed by atoms with Crippen LogP contribution in [0.4, 0.5) is 0 Å². The molecule has 3 rings (SSSR count). The first kappa shape index (κ1) is 16.4. The molecule has 0 N–H and O–H groups in total. The fraction of sp³-hybridized carbons (Fsp3) is 0.625. The van der Waals surface area contributed by atoms with Crippen LogP contribution in [0.3, 0.4) is 0 Å². The number of aromatic nitrogens is 1. The Balaban J connectivity index is 1.67. The molecule has 3 heterocycles. The van der Waals surface area contributed by atoms with E-state index < -0.39 is 0 Å². The summed E-state index contributed by atoms with van der Waals surface area (Å²) < 4.78 is 7.34. The molecule has 2 aliphatic rings. The molecule has 2 fully saturated rings. The van der Waals surface area contributed by atoms with Gasteiger partial charge in [-0.1, -0.05) is 0 Å². The van der Waals surface area contributed by atoms with Crippen molar-refractivity contribution in [1.29, 1.82) is 0 Å². The summed E-state index contributed by atoms with van der Waals surface area (Å²) in [5.74, 6) is 2.11. The maximum Gasteiger partial charge on any atom is 0.270 e. The highest BCUT2D eigenvalue weighted by Crippen LogP contribution is 2.18. The van der Waals surface area contributed by atoms with Gasteiger partial charge in [-0.05, 0) is 12.1 Å². The summed E-state index contributed by atoms with van der Waals surface area (Å²) in [5.41, 5.74) is 0.652. The van der Waals surface area contributed by atoms with Gasteiger partial charge in [-0.25, -0.2) is 0 Å². The number of ether oxygens (including phenoxy) is 1. The molecule has 0 aliphatic carbocycles. The van der Waals surface area contributed by atoms with Crippen molar-refractivity contribution >= 4 is 23.6 Å². The number of carbonyl (C=O) groups is 2. The van der Waals surface area contributed by atoms with Gasteiger partial charge in [-0.2, -0.15) is 11.8 Å². The molecule has 1 atom stereocenters. The lowest BCUT2D eigenvalue weighted by Gasteiger charge is -2.37. The van der Waals surface area contributed by atoms with E-state index in [1.54, 1.807) is 4.90 Å². The van der Waals surface area contributed by atoms with Crippen LogP contribution in [-0.4, -0.2) is 76.6 Å². The number of amides is 2. The summed E-state index contributed by atoms with van der Waals surface area (Å²) in [6.07, 6.45) is 2.21. The van der Waals surface area contributed by atoms with Crippen molar-refractivity contribution in [2.24, 2.45) is 7.05 Å². The van der Waals surface area contributed by atoms with Gasteiger partial charge in [-0.15, -0.1) is 0 Å². The van der Waals surface area contributed by atoms with Crippen LogP contribution in [0.1, 0.15) is 16.9 Å². The summed E-state index contributed by atoms with van der Waals surface area (Å²) in [7, 11) is 1.86. The van der Waals surface area contributed by atoms with Crippen molar-refractivity contribution in [1.82, 2.24) is 14.4 Å². The summed E-state index contributed by atoms with van der Waals surface area (Å²) >= 11 is 1.88. The monoisotopic (exact) mass is 337 g/mol. The SMILES string of the molecule is Cn1cccc1C(=O)N1CCOCC1CC(=O)N1CCSCC1. The third-order valence-corrected chi connectivity index (χ3v) is 5.37.